The number of nitrogens with one attached hydrogen (secondary N) is 1. The number of nitrogens with zero attached hydrogens (tertiary/aromatic N) is 2. The van der Waals surface area contributed by atoms with Gasteiger partial charge in [-0.3, -0.25) is 4.79 Å². The summed E-state index contributed by atoms with van der Waals surface area (Å²) in [4.78, 5) is 18.7. The van der Waals surface area contributed by atoms with Crippen LogP contribution in [-0.4, -0.2) is 35.4 Å². The average molecular weight is 252 g/mol. The van der Waals surface area contributed by atoms with Gasteiger partial charge in [-0.2, -0.15) is 0 Å². The summed E-state index contributed by atoms with van der Waals surface area (Å²) in [5.74, 6) is 0.305. The number of aromatic nitrogens is 1. The molecule has 0 spiro atoms. The maximum absolute atomic E-state index is 12.2. The first kappa shape index (κ1) is 11.9. The summed E-state index contributed by atoms with van der Waals surface area (Å²) in [5, 5.41) is 3.78. The molecule has 0 fully saturated rings. The Morgan fingerprint density at radius 2 is 2.47 bits per heavy atom. The van der Waals surface area contributed by atoms with Crippen molar-refractivity contribution in [3.05, 3.63) is 17.0 Å². The van der Waals surface area contributed by atoms with Gasteiger partial charge in [0.25, 0.3) is 5.91 Å². The molecule has 2 rings (SSSR count). The van der Waals surface area contributed by atoms with E-state index in [9.17, 15) is 4.79 Å². The van der Waals surface area contributed by atoms with Crippen LogP contribution in [0.2, 0.25) is 0 Å². The van der Waals surface area contributed by atoms with Crippen molar-refractivity contribution in [1.29, 1.82) is 0 Å². The SMILES string of the molecule is CCNc1nc(N)c(C(=O)N2CC=CCC2)s1. The van der Waals surface area contributed by atoms with E-state index in [-0.39, 0.29) is 5.91 Å². The highest BCUT2D eigenvalue weighted by atomic mass is 32.1. The fourth-order valence-electron chi connectivity index (χ4n) is 1.68. The molecule has 0 radical (unpaired) electrons. The van der Waals surface area contributed by atoms with Gasteiger partial charge in [-0.1, -0.05) is 23.5 Å². The number of hydrogen-bond donors (Lipinski definition) is 2. The summed E-state index contributed by atoms with van der Waals surface area (Å²) in [7, 11) is 0. The van der Waals surface area contributed by atoms with E-state index in [1.807, 2.05) is 13.0 Å². The molecule has 1 aromatic heterocycles. The number of nitrogen functional groups attached to an aromatic ring is 1. The number of hydrogen-bond acceptors (Lipinski definition) is 5. The lowest BCUT2D eigenvalue weighted by atomic mass is 10.2. The van der Waals surface area contributed by atoms with E-state index in [1.165, 1.54) is 11.3 Å². The lowest BCUT2D eigenvalue weighted by Gasteiger charge is -2.22. The van der Waals surface area contributed by atoms with Crippen molar-refractivity contribution in [1.82, 2.24) is 9.88 Å². The second kappa shape index (κ2) is 5.18. The van der Waals surface area contributed by atoms with Crippen LogP contribution in [0.4, 0.5) is 10.9 Å². The van der Waals surface area contributed by atoms with Crippen molar-refractivity contribution in [2.24, 2.45) is 0 Å². The fourth-order valence-corrected chi connectivity index (χ4v) is 2.60. The van der Waals surface area contributed by atoms with E-state index in [0.717, 1.165) is 19.5 Å². The number of carbonyl (C=O) groups is 1. The van der Waals surface area contributed by atoms with Crippen LogP contribution in [0.1, 0.15) is 23.0 Å². The molecule has 17 heavy (non-hydrogen) atoms. The van der Waals surface area contributed by atoms with E-state index >= 15 is 0 Å². The third-order valence-electron chi connectivity index (χ3n) is 2.52. The Morgan fingerprint density at radius 3 is 3.12 bits per heavy atom. The van der Waals surface area contributed by atoms with E-state index < -0.39 is 0 Å². The Labute approximate surface area is 104 Å². The van der Waals surface area contributed by atoms with Gasteiger partial charge in [0.15, 0.2) is 5.13 Å². The highest BCUT2D eigenvalue weighted by Crippen LogP contribution is 2.26. The molecule has 1 aliphatic rings. The second-order valence-electron chi connectivity index (χ2n) is 3.77. The standard InChI is InChI=1S/C11H16N4OS/c1-2-13-11-14-9(12)8(17-11)10(16)15-6-4-3-5-7-15/h3-4H,2,5-7,12H2,1H3,(H,13,14). The highest BCUT2D eigenvalue weighted by molar-refractivity contribution is 7.18. The second-order valence-corrected chi connectivity index (χ2v) is 4.77. The van der Waals surface area contributed by atoms with Gasteiger partial charge in [0.2, 0.25) is 0 Å². The maximum Gasteiger partial charge on any atom is 0.268 e. The number of thiazole rings is 1. The molecule has 0 aromatic carbocycles. The molecular formula is C11H16N4OS. The topological polar surface area (TPSA) is 71.2 Å². The Kier molecular flexibility index (Phi) is 3.63. The first-order chi connectivity index (χ1) is 8.22. The summed E-state index contributed by atoms with van der Waals surface area (Å²) in [6, 6.07) is 0. The third-order valence-corrected chi connectivity index (χ3v) is 3.54. The largest absolute Gasteiger partial charge is 0.382 e. The number of amides is 1. The zero-order valence-electron chi connectivity index (χ0n) is 9.77. The first-order valence-corrected chi connectivity index (χ1v) is 6.48. The minimum atomic E-state index is -0.0199. The normalized spacial score (nSPS) is 15.0. The summed E-state index contributed by atoms with van der Waals surface area (Å²) < 4.78 is 0. The average Bonchev–Trinajstić information content (AvgIpc) is 2.71. The zero-order chi connectivity index (χ0) is 12.3. The van der Waals surface area contributed by atoms with Crippen LogP contribution in [0, 0.1) is 0 Å². The Morgan fingerprint density at radius 1 is 1.65 bits per heavy atom. The summed E-state index contributed by atoms with van der Waals surface area (Å²) >= 11 is 1.32. The monoisotopic (exact) mass is 252 g/mol. The molecule has 1 amide bonds. The zero-order valence-corrected chi connectivity index (χ0v) is 10.6. The number of anilines is 2. The van der Waals surface area contributed by atoms with Crippen LogP contribution >= 0.6 is 11.3 Å². The van der Waals surface area contributed by atoms with Crippen molar-refractivity contribution in [2.45, 2.75) is 13.3 Å². The molecule has 0 aliphatic carbocycles. The van der Waals surface area contributed by atoms with Crippen molar-refractivity contribution < 1.29 is 4.79 Å². The van der Waals surface area contributed by atoms with Gasteiger partial charge in [0.05, 0.1) is 0 Å². The number of rotatable bonds is 3. The van der Waals surface area contributed by atoms with Gasteiger partial charge in [0.1, 0.15) is 10.7 Å². The van der Waals surface area contributed by atoms with Gasteiger partial charge >= 0.3 is 0 Å². The molecule has 2 heterocycles. The van der Waals surface area contributed by atoms with E-state index in [1.54, 1.807) is 4.90 Å². The number of carbonyl (C=O) groups excluding carboxylic acids is 1. The molecule has 5 nitrogen and oxygen atoms in total. The molecule has 6 heteroatoms. The minimum absolute atomic E-state index is 0.0199. The molecule has 0 unspecified atom stereocenters. The van der Waals surface area contributed by atoms with Crippen LogP contribution in [0.25, 0.3) is 0 Å². The van der Waals surface area contributed by atoms with Crippen LogP contribution in [0.5, 0.6) is 0 Å². The van der Waals surface area contributed by atoms with Crippen LogP contribution < -0.4 is 11.1 Å². The molecule has 1 aliphatic heterocycles. The van der Waals surface area contributed by atoms with Gasteiger partial charge in [-0.15, -0.1) is 0 Å². The molecule has 0 bridgehead atoms. The van der Waals surface area contributed by atoms with Crippen molar-refractivity contribution in [2.75, 3.05) is 30.7 Å². The third kappa shape index (κ3) is 2.58. The highest BCUT2D eigenvalue weighted by Gasteiger charge is 2.21. The molecule has 3 N–H and O–H groups in total. The Balaban J connectivity index is 2.15. The molecule has 0 saturated heterocycles. The van der Waals surface area contributed by atoms with E-state index in [4.69, 9.17) is 5.73 Å². The van der Waals surface area contributed by atoms with Gasteiger partial charge in [-0.25, -0.2) is 4.98 Å². The summed E-state index contributed by atoms with van der Waals surface area (Å²) in [5.41, 5.74) is 5.77. The molecule has 0 atom stereocenters. The van der Waals surface area contributed by atoms with Gasteiger partial charge in [0, 0.05) is 19.6 Å². The van der Waals surface area contributed by atoms with E-state index in [0.29, 0.717) is 22.4 Å². The minimum Gasteiger partial charge on any atom is -0.382 e. The van der Waals surface area contributed by atoms with Crippen molar-refractivity contribution in [3.63, 3.8) is 0 Å². The Bertz CT molecular complexity index is 441. The van der Waals surface area contributed by atoms with Gasteiger partial charge in [-0.05, 0) is 13.3 Å². The summed E-state index contributed by atoms with van der Waals surface area (Å²) in [6.07, 6.45) is 5.00. The lowest BCUT2D eigenvalue weighted by Crippen LogP contribution is -2.33. The first-order valence-electron chi connectivity index (χ1n) is 5.66. The van der Waals surface area contributed by atoms with E-state index in [2.05, 4.69) is 16.4 Å². The molecule has 1 aromatic rings. The van der Waals surface area contributed by atoms with Crippen molar-refractivity contribution >= 4 is 28.2 Å². The maximum atomic E-state index is 12.2. The molecule has 0 saturated carbocycles. The molecule has 92 valence electrons. The predicted molar refractivity (Wildman–Crippen MR) is 70.4 cm³/mol. The fraction of sp³-hybridized carbons (Fsp3) is 0.455. The van der Waals surface area contributed by atoms with Crippen LogP contribution in [-0.2, 0) is 0 Å². The van der Waals surface area contributed by atoms with Crippen LogP contribution in [0.3, 0.4) is 0 Å². The van der Waals surface area contributed by atoms with Crippen molar-refractivity contribution in [3.8, 4) is 0 Å². The number of nitrogens with two attached hydrogens (primary N) is 1. The smallest absolute Gasteiger partial charge is 0.268 e. The predicted octanol–water partition coefficient (Wildman–Crippen LogP) is 1.56. The molecular weight excluding hydrogens is 236 g/mol. The van der Waals surface area contributed by atoms with Gasteiger partial charge < -0.3 is 16.0 Å². The summed E-state index contributed by atoms with van der Waals surface area (Å²) in [6.45, 7) is 4.16. The Hall–Kier alpha value is -1.56. The quantitative estimate of drug-likeness (QED) is 0.801. The lowest BCUT2D eigenvalue weighted by molar-refractivity contribution is 0.0776. The van der Waals surface area contributed by atoms with Crippen LogP contribution in [0.15, 0.2) is 12.2 Å².